The van der Waals surface area contributed by atoms with Crippen LogP contribution < -0.4 is 5.32 Å². The molecule has 0 aromatic carbocycles. The minimum Gasteiger partial charge on any atom is -0.343 e. The molecule has 0 aliphatic rings. The van der Waals surface area contributed by atoms with Gasteiger partial charge in [-0.25, -0.2) is 0 Å². The maximum atomic E-state index is 11.8. The predicted octanol–water partition coefficient (Wildman–Crippen LogP) is 2.45. The molecule has 3 nitrogen and oxygen atoms in total. The second kappa shape index (κ2) is 12.8. The van der Waals surface area contributed by atoms with Gasteiger partial charge in [0, 0.05) is 26.1 Å². The molecule has 0 aliphatic carbocycles. The first-order valence-corrected chi connectivity index (χ1v) is 6.18. The molecule has 0 spiro atoms. The number of unbranched alkanes of at least 4 members (excludes halogenated alkanes) is 2. The number of hydrogen-bond donors (Lipinski definition) is 1. The first kappa shape index (κ1) is 18.1. The summed E-state index contributed by atoms with van der Waals surface area (Å²) in [6, 6.07) is 0. The van der Waals surface area contributed by atoms with E-state index in [-0.39, 0.29) is 12.4 Å². The molecule has 0 aliphatic heterocycles. The molecule has 0 aromatic heterocycles. The summed E-state index contributed by atoms with van der Waals surface area (Å²) in [4.78, 5) is 13.8. The van der Waals surface area contributed by atoms with Crippen LogP contribution in [0.2, 0.25) is 0 Å². The van der Waals surface area contributed by atoms with Crippen LogP contribution in [0.4, 0.5) is 0 Å². The quantitative estimate of drug-likeness (QED) is 0.682. The van der Waals surface area contributed by atoms with Gasteiger partial charge in [0.2, 0.25) is 5.91 Å². The van der Waals surface area contributed by atoms with Crippen molar-refractivity contribution in [3.8, 4) is 0 Å². The summed E-state index contributed by atoms with van der Waals surface area (Å²) >= 11 is 0. The number of rotatable bonds is 9. The van der Waals surface area contributed by atoms with Crippen molar-refractivity contribution in [3.05, 3.63) is 0 Å². The van der Waals surface area contributed by atoms with E-state index < -0.39 is 0 Å². The van der Waals surface area contributed by atoms with Crippen LogP contribution in [0.15, 0.2) is 0 Å². The van der Waals surface area contributed by atoms with Crippen molar-refractivity contribution in [1.82, 2.24) is 10.2 Å². The molecule has 0 fully saturated rings. The third-order valence-electron chi connectivity index (χ3n) is 2.50. The number of nitrogens with zero attached hydrogens (tertiary/aromatic N) is 1. The van der Waals surface area contributed by atoms with Gasteiger partial charge < -0.3 is 10.2 Å². The van der Waals surface area contributed by atoms with E-state index in [1.54, 1.807) is 0 Å². The Labute approximate surface area is 106 Å². The molecule has 4 heteroatoms. The smallest absolute Gasteiger partial charge is 0.223 e. The summed E-state index contributed by atoms with van der Waals surface area (Å²) < 4.78 is 0. The number of halogens is 1. The summed E-state index contributed by atoms with van der Waals surface area (Å²) in [5.41, 5.74) is 0. The van der Waals surface area contributed by atoms with Gasteiger partial charge in [-0.15, -0.1) is 12.4 Å². The summed E-state index contributed by atoms with van der Waals surface area (Å²) in [7, 11) is 1.88. The Morgan fingerprint density at radius 3 is 2.00 bits per heavy atom. The van der Waals surface area contributed by atoms with Crippen molar-refractivity contribution in [1.29, 1.82) is 0 Å². The molecule has 0 radical (unpaired) electrons. The maximum Gasteiger partial charge on any atom is 0.223 e. The number of carbonyl (C=O) groups is 1. The zero-order valence-electron chi connectivity index (χ0n) is 10.9. The van der Waals surface area contributed by atoms with Crippen LogP contribution in [0.25, 0.3) is 0 Å². The lowest BCUT2D eigenvalue weighted by atomic mass is 10.2. The number of nitrogens with one attached hydrogen (secondary N) is 1. The van der Waals surface area contributed by atoms with Crippen LogP contribution in [0, 0.1) is 0 Å². The first-order valence-electron chi connectivity index (χ1n) is 6.18. The van der Waals surface area contributed by atoms with E-state index in [9.17, 15) is 4.79 Å². The summed E-state index contributed by atoms with van der Waals surface area (Å²) in [5, 5.41) is 3.02. The topological polar surface area (TPSA) is 32.3 Å². The van der Waals surface area contributed by atoms with Crippen molar-refractivity contribution in [2.24, 2.45) is 0 Å². The molecule has 0 rings (SSSR count). The fraction of sp³-hybridized carbons (Fsp3) is 0.917. The van der Waals surface area contributed by atoms with Crippen molar-refractivity contribution in [2.45, 2.75) is 46.0 Å². The van der Waals surface area contributed by atoms with Gasteiger partial charge in [0.25, 0.3) is 0 Å². The molecule has 0 aromatic rings. The van der Waals surface area contributed by atoms with Crippen molar-refractivity contribution < 1.29 is 4.79 Å². The van der Waals surface area contributed by atoms with Gasteiger partial charge in [0.05, 0.1) is 0 Å². The van der Waals surface area contributed by atoms with E-state index >= 15 is 0 Å². The van der Waals surface area contributed by atoms with Crippen molar-refractivity contribution in [2.75, 3.05) is 26.7 Å². The highest BCUT2D eigenvalue weighted by molar-refractivity contribution is 5.85. The van der Waals surface area contributed by atoms with E-state index in [0.717, 1.165) is 45.3 Å². The van der Waals surface area contributed by atoms with E-state index in [2.05, 4.69) is 19.2 Å². The van der Waals surface area contributed by atoms with Gasteiger partial charge >= 0.3 is 0 Å². The second-order valence-corrected chi connectivity index (χ2v) is 3.94. The molecule has 0 saturated heterocycles. The largest absolute Gasteiger partial charge is 0.343 e. The van der Waals surface area contributed by atoms with E-state index in [4.69, 9.17) is 0 Å². The van der Waals surface area contributed by atoms with Crippen LogP contribution in [0.1, 0.15) is 46.0 Å². The Hall–Kier alpha value is -0.280. The van der Waals surface area contributed by atoms with Gasteiger partial charge in [-0.2, -0.15) is 0 Å². The Morgan fingerprint density at radius 1 is 1.12 bits per heavy atom. The first-order chi connectivity index (χ1) is 7.26. The van der Waals surface area contributed by atoms with Crippen molar-refractivity contribution in [3.63, 3.8) is 0 Å². The lowest BCUT2D eigenvalue weighted by molar-refractivity contribution is -0.131. The highest BCUT2D eigenvalue weighted by atomic mass is 35.5. The van der Waals surface area contributed by atoms with Crippen LogP contribution in [-0.2, 0) is 4.79 Å². The summed E-state index contributed by atoms with van der Waals surface area (Å²) in [6.07, 6.45) is 5.18. The maximum absolute atomic E-state index is 11.8. The molecular formula is C12H27ClN2O. The minimum absolute atomic E-state index is 0. The minimum atomic E-state index is 0. The highest BCUT2D eigenvalue weighted by Crippen LogP contribution is 2.01. The average molecular weight is 251 g/mol. The Balaban J connectivity index is 0. The number of amides is 1. The lowest BCUT2D eigenvalue weighted by Gasteiger charge is -2.22. The Morgan fingerprint density at radius 2 is 1.62 bits per heavy atom. The molecule has 0 saturated carbocycles. The zero-order chi connectivity index (χ0) is 11.5. The van der Waals surface area contributed by atoms with Gasteiger partial charge in [0.1, 0.15) is 0 Å². The fourth-order valence-corrected chi connectivity index (χ4v) is 1.45. The second-order valence-electron chi connectivity index (χ2n) is 3.94. The van der Waals surface area contributed by atoms with Crippen LogP contribution >= 0.6 is 12.4 Å². The normalized spacial score (nSPS) is 9.69. The van der Waals surface area contributed by atoms with E-state index in [1.165, 1.54) is 0 Å². The molecule has 0 unspecified atom stereocenters. The molecule has 0 bridgehead atoms. The molecule has 16 heavy (non-hydrogen) atoms. The zero-order valence-corrected chi connectivity index (χ0v) is 11.7. The monoisotopic (exact) mass is 250 g/mol. The molecular weight excluding hydrogens is 224 g/mol. The molecule has 0 heterocycles. The van der Waals surface area contributed by atoms with Gasteiger partial charge in [-0.3, -0.25) is 4.79 Å². The fourth-order valence-electron chi connectivity index (χ4n) is 1.45. The third-order valence-corrected chi connectivity index (χ3v) is 2.50. The van der Waals surface area contributed by atoms with Gasteiger partial charge in [0.15, 0.2) is 0 Å². The van der Waals surface area contributed by atoms with E-state index in [1.807, 2.05) is 11.9 Å². The number of hydrogen-bond acceptors (Lipinski definition) is 2. The predicted molar refractivity (Wildman–Crippen MR) is 72.2 cm³/mol. The summed E-state index contributed by atoms with van der Waals surface area (Å²) in [5.74, 6) is 0.297. The number of carbonyl (C=O) groups excluding carboxylic acids is 1. The average Bonchev–Trinajstić information content (AvgIpc) is 2.26. The van der Waals surface area contributed by atoms with Crippen LogP contribution in [0.3, 0.4) is 0 Å². The SMILES string of the molecule is CCCCN(CCCC)C(=O)CCNC.Cl. The third kappa shape index (κ3) is 8.98. The van der Waals surface area contributed by atoms with Crippen LogP contribution in [0.5, 0.6) is 0 Å². The van der Waals surface area contributed by atoms with Gasteiger partial charge in [-0.1, -0.05) is 26.7 Å². The van der Waals surface area contributed by atoms with Crippen molar-refractivity contribution >= 4 is 18.3 Å². The molecule has 1 N–H and O–H groups in total. The Bertz CT molecular complexity index is 157. The summed E-state index contributed by atoms with van der Waals surface area (Å²) in [6.45, 7) is 6.97. The molecule has 98 valence electrons. The standard InChI is InChI=1S/C12H26N2O.ClH/c1-4-6-10-14(11-7-5-2)12(15)8-9-13-3;/h13H,4-11H2,1-3H3;1H. The lowest BCUT2D eigenvalue weighted by Crippen LogP contribution is -2.34. The molecule has 1 amide bonds. The van der Waals surface area contributed by atoms with E-state index in [0.29, 0.717) is 12.3 Å². The van der Waals surface area contributed by atoms with Crippen LogP contribution in [-0.4, -0.2) is 37.5 Å². The Kier molecular flexibility index (Phi) is 14.5. The van der Waals surface area contributed by atoms with Gasteiger partial charge in [-0.05, 0) is 19.9 Å². The highest BCUT2D eigenvalue weighted by Gasteiger charge is 2.11. The molecule has 0 atom stereocenters.